The molecule has 0 heterocycles. The van der Waals surface area contributed by atoms with Crippen molar-refractivity contribution >= 4 is 21.4 Å². The van der Waals surface area contributed by atoms with E-state index in [0.717, 1.165) is 44.2 Å². The summed E-state index contributed by atoms with van der Waals surface area (Å²) in [6.07, 6.45) is 4.71. The highest BCUT2D eigenvalue weighted by atomic mass is 32.2. The lowest BCUT2D eigenvalue weighted by Gasteiger charge is -2.23. The number of nitrogens with two attached hydrogens (primary N) is 1. The molecule has 0 radical (unpaired) electrons. The minimum atomic E-state index is -3.76. The third kappa shape index (κ3) is 3.69. The maximum Gasteiger partial charge on any atom is 0.271 e. The summed E-state index contributed by atoms with van der Waals surface area (Å²) < 4.78 is 27.4. The van der Waals surface area contributed by atoms with E-state index in [0.29, 0.717) is 0 Å². The summed E-state index contributed by atoms with van der Waals surface area (Å²) in [7, 11) is -3.76. The van der Waals surface area contributed by atoms with Gasteiger partial charge >= 0.3 is 0 Å². The number of hydrogen-bond acceptors (Lipinski definition) is 6. The van der Waals surface area contributed by atoms with Gasteiger partial charge in [-0.15, -0.1) is 0 Å². The summed E-state index contributed by atoms with van der Waals surface area (Å²) >= 11 is 0. The lowest BCUT2D eigenvalue weighted by molar-refractivity contribution is -0.384. The highest BCUT2D eigenvalue weighted by Crippen LogP contribution is 2.27. The Morgan fingerprint density at radius 1 is 1.24 bits per heavy atom. The molecule has 0 amide bonds. The molecule has 0 aromatic heterocycles. The Balaban J connectivity index is 2.28. The molecule has 0 unspecified atom stereocenters. The number of nitrogens with zero attached hydrogens (tertiary/aromatic N) is 1. The van der Waals surface area contributed by atoms with Gasteiger partial charge in [-0.05, 0) is 18.9 Å². The predicted octanol–water partition coefficient (Wildman–Crippen LogP) is 1.49. The molecule has 4 N–H and O–H groups in total. The van der Waals surface area contributed by atoms with Crippen LogP contribution in [-0.2, 0) is 10.0 Å². The van der Waals surface area contributed by atoms with Crippen LogP contribution < -0.4 is 16.0 Å². The van der Waals surface area contributed by atoms with Crippen LogP contribution in [0.25, 0.3) is 0 Å². The molecule has 0 aliphatic heterocycles. The third-order valence-electron chi connectivity index (χ3n) is 3.55. The minimum absolute atomic E-state index is 0.00695. The molecule has 0 atom stereocenters. The van der Waals surface area contributed by atoms with Gasteiger partial charge in [-0.3, -0.25) is 16.0 Å². The lowest BCUT2D eigenvalue weighted by atomic mass is 9.96. The van der Waals surface area contributed by atoms with Crippen LogP contribution in [0, 0.1) is 10.1 Å². The number of benzene rings is 1. The Kier molecular flexibility index (Phi) is 4.76. The van der Waals surface area contributed by atoms with Crippen LogP contribution >= 0.6 is 0 Å². The fourth-order valence-electron chi connectivity index (χ4n) is 2.48. The highest BCUT2D eigenvalue weighted by molar-refractivity contribution is 7.89. The van der Waals surface area contributed by atoms with E-state index in [1.807, 2.05) is 0 Å². The molecule has 0 bridgehead atoms. The number of non-ortho nitro benzene ring substituents is 1. The van der Waals surface area contributed by atoms with E-state index in [1.165, 1.54) is 6.07 Å². The van der Waals surface area contributed by atoms with E-state index in [2.05, 4.69) is 10.1 Å². The summed E-state index contributed by atoms with van der Waals surface area (Å²) in [6.45, 7) is 0. The van der Waals surface area contributed by atoms with E-state index < -0.39 is 14.9 Å². The van der Waals surface area contributed by atoms with E-state index in [9.17, 15) is 18.5 Å². The van der Waals surface area contributed by atoms with Crippen LogP contribution in [0.5, 0.6) is 0 Å². The van der Waals surface area contributed by atoms with Gasteiger partial charge in [0, 0.05) is 18.2 Å². The van der Waals surface area contributed by atoms with Crippen LogP contribution in [0.4, 0.5) is 11.4 Å². The molecule has 2 rings (SSSR count). The monoisotopic (exact) mass is 314 g/mol. The molecular weight excluding hydrogens is 296 g/mol. The second-order valence-electron chi connectivity index (χ2n) is 5.04. The number of hydrogen-bond donors (Lipinski definition) is 3. The van der Waals surface area contributed by atoms with Crippen LogP contribution in [-0.4, -0.2) is 19.4 Å². The van der Waals surface area contributed by atoms with Gasteiger partial charge in [-0.1, -0.05) is 19.3 Å². The summed E-state index contributed by atoms with van der Waals surface area (Å²) in [5.74, 6) is 5.28. The van der Waals surface area contributed by atoms with Gasteiger partial charge in [-0.25, -0.2) is 13.1 Å². The number of rotatable bonds is 5. The first-order chi connectivity index (χ1) is 9.94. The van der Waals surface area contributed by atoms with Crippen molar-refractivity contribution in [3.63, 3.8) is 0 Å². The van der Waals surface area contributed by atoms with Crippen molar-refractivity contribution in [2.75, 3.05) is 5.43 Å². The van der Waals surface area contributed by atoms with E-state index in [1.54, 1.807) is 0 Å². The highest BCUT2D eigenvalue weighted by Gasteiger charge is 2.25. The van der Waals surface area contributed by atoms with Crippen molar-refractivity contribution in [3.8, 4) is 0 Å². The molecule has 1 aliphatic carbocycles. The first-order valence-electron chi connectivity index (χ1n) is 6.71. The molecule has 1 saturated carbocycles. The Morgan fingerprint density at radius 2 is 1.90 bits per heavy atom. The van der Waals surface area contributed by atoms with E-state index >= 15 is 0 Å². The zero-order chi connectivity index (χ0) is 15.5. The number of sulfonamides is 1. The van der Waals surface area contributed by atoms with Gasteiger partial charge < -0.3 is 5.43 Å². The maximum atomic E-state index is 12.4. The van der Waals surface area contributed by atoms with Gasteiger partial charge in [-0.2, -0.15) is 0 Å². The largest absolute Gasteiger partial charge is 0.323 e. The van der Waals surface area contributed by atoms with Crippen LogP contribution in [0.3, 0.4) is 0 Å². The molecule has 1 aromatic carbocycles. The van der Waals surface area contributed by atoms with Crippen molar-refractivity contribution in [1.29, 1.82) is 0 Å². The number of nitro groups is 1. The first kappa shape index (κ1) is 15.7. The van der Waals surface area contributed by atoms with Crippen molar-refractivity contribution in [3.05, 3.63) is 28.3 Å². The number of hydrazine groups is 1. The Morgan fingerprint density at radius 3 is 2.48 bits per heavy atom. The molecule has 21 heavy (non-hydrogen) atoms. The summed E-state index contributed by atoms with van der Waals surface area (Å²) in [6, 6.07) is 3.36. The van der Waals surface area contributed by atoms with Crippen LogP contribution in [0.1, 0.15) is 32.1 Å². The quantitative estimate of drug-likeness (QED) is 0.429. The van der Waals surface area contributed by atoms with Crippen molar-refractivity contribution in [2.24, 2.45) is 5.84 Å². The second-order valence-corrected chi connectivity index (χ2v) is 6.72. The van der Waals surface area contributed by atoms with Gasteiger partial charge in [0.15, 0.2) is 0 Å². The Labute approximate surface area is 122 Å². The molecule has 1 aromatic rings. The van der Waals surface area contributed by atoms with Gasteiger partial charge in [0.2, 0.25) is 10.0 Å². The van der Waals surface area contributed by atoms with Crippen molar-refractivity contribution in [2.45, 2.75) is 43.0 Å². The number of nitrogens with one attached hydrogen (secondary N) is 2. The predicted molar refractivity (Wildman–Crippen MR) is 78.1 cm³/mol. The summed E-state index contributed by atoms with van der Waals surface area (Å²) in [5, 5.41) is 10.7. The molecule has 1 fully saturated rings. The fraction of sp³-hybridized carbons (Fsp3) is 0.500. The van der Waals surface area contributed by atoms with Gasteiger partial charge in [0.1, 0.15) is 4.90 Å². The number of nitro benzene ring substituents is 1. The minimum Gasteiger partial charge on any atom is -0.323 e. The van der Waals surface area contributed by atoms with E-state index in [4.69, 9.17) is 5.84 Å². The smallest absolute Gasteiger partial charge is 0.271 e. The molecular formula is C12H18N4O4S. The van der Waals surface area contributed by atoms with Gasteiger partial charge in [0.05, 0.1) is 10.6 Å². The zero-order valence-electron chi connectivity index (χ0n) is 11.4. The Bertz CT molecular complexity index is 626. The zero-order valence-corrected chi connectivity index (χ0v) is 12.2. The van der Waals surface area contributed by atoms with Crippen molar-refractivity contribution in [1.82, 2.24) is 4.72 Å². The van der Waals surface area contributed by atoms with Crippen LogP contribution in [0.2, 0.25) is 0 Å². The lowest BCUT2D eigenvalue weighted by Crippen LogP contribution is -2.36. The van der Waals surface area contributed by atoms with Crippen LogP contribution in [0.15, 0.2) is 23.1 Å². The average molecular weight is 314 g/mol. The number of anilines is 1. The van der Waals surface area contributed by atoms with Crippen molar-refractivity contribution < 1.29 is 13.3 Å². The standard InChI is InChI=1S/C12H18N4O4S/c13-14-11-8-10(16(17)18)6-7-12(11)21(19,20)15-9-4-2-1-3-5-9/h6-9,14-15H,1-5,13H2. The maximum absolute atomic E-state index is 12.4. The topological polar surface area (TPSA) is 127 Å². The SMILES string of the molecule is NNc1cc([N+](=O)[O-])ccc1S(=O)(=O)NC1CCCCC1. The average Bonchev–Trinajstić information content (AvgIpc) is 2.47. The van der Waals surface area contributed by atoms with Gasteiger partial charge in [0.25, 0.3) is 5.69 Å². The first-order valence-corrected chi connectivity index (χ1v) is 8.20. The molecule has 8 nitrogen and oxygen atoms in total. The fourth-order valence-corrected chi connectivity index (χ4v) is 3.94. The normalized spacial score (nSPS) is 16.6. The number of nitrogen functional groups attached to an aromatic ring is 1. The summed E-state index contributed by atoms with van der Waals surface area (Å²) in [5.41, 5.74) is 1.99. The molecule has 116 valence electrons. The molecule has 9 heteroatoms. The molecule has 0 saturated heterocycles. The summed E-state index contributed by atoms with van der Waals surface area (Å²) in [4.78, 5) is 10.0. The Hall–Kier alpha value is -1.71. The molecule has 1 aliphatic rings. The van der Waals surface area contributed by atoms with E-state index in [-0.39, 0.29) is 22.3 Å². The molecule has 0 spiro atoms. The second kappa shape index (κ2) is 6.37. The third-order valence-corrected chi connectivity index (χ3v) is 5.12.